The summed E-state index contributed by atoms with van der Waals surface area (Å²) in [5, 5.41) is 5.62. The highest BCUT2D eigenvalue weighted by Gasteiger charge is 2.23. The second kappa shape index (κ2) is 10.3. The summed E-state index contributed by atoms with van der Waals surface area (Å²) >= 11 is 0. The summed E-state index contributed by atoms with van der Waals surface area (Å²) in [6, 6.07) is 10.8. The Morgan fingerprint density at radius 1 is 1.06 bits per heavy atom. The van der Waals surface area contributed by atoms with Crippen LogP contribution in [-0.4, -0.2) is 36.0 Å². The van der Waals surface area contributed by atoms with Crippen LogP contribution in [0.15, 0.2) is 48.7 Å². The first kappa shape index (κ1) is 24.0. The van der Waals surface area contributed by atoms with Crippen LogP contribution in [0.5, 0.6) is 0 Å². The van der Waals surface area contributed by atoms with E-state index in [-0.39, 0.29) is 24.6 Å². The van der Waals surface area contributed by atoms with Gasteiger partial charge in [-0.05, 0) is 54.7 Å². The fraction of sp³-hybridized carbons (Fsp3) is 0.227. The Kier molecular flexibility index (Phi) is 7.52. The molecule has 1 aliphatic carbocycles. The van der Waals surface area contributed by atoms with Crippen molar-refractivity contribution in [1.29, 1.82) is 0 Å². The zero-order valence-electron chi connectivity index (χ0n) is 17.4. The van der Waals surface area contributed by atoms with E-state index in [0.29, 0.717) is 22.5 Å². The van der Waals surface area contributed by atoms with Gasteiger partial charge in [0.15, 0.2) is 0 Å². The van der Waals surface area contributed by atoms with Gasteiger partial charge in [-0.1, -0.05) is 12.1 Å². The van der Waals surface area contributed by atoms with Crippen LogP contribution in [0.4, 0.5) is 25.4 Å². The van der Waals surface area contributed by atoms with Crippen LogP contribution in [-0.2, 0) is 14.3 Å². The van der Waals surface area contributed by atoms with Crippen LogP contribution in [0, 0.1) is 5.82 Å². The van der Waals surface area contributed by atoms with Crippen molar-refractivity contribution in [3.63, 3.8) is 0 Å². The van der Waals surface area contributed by atoms with E-state index in [1.165, 1.54) is 42.8 Å². The molecule has 0 bridgehead atoms. The van der Waals surface area contributed by atoms with Crippen LogP contribution in [0.2, 0.25) is 0 Å². The molecule has 11 heteroatoms. The van der Waals surface area contributed by atoms with Crippen molar-refractivity contribution in [2.24, 2.45) is 5.73 Å². The van der Waals surface area contributed by atoms with Gasteiger partial charge in [-0.15, -0.1) is 12.4 Å². The van der Waals surface area contributed by atoms with E-state index in [1.54, 1.807) is 0 Å². The first-order valence-corrected chi connectivity index (χ1v) is 9.96. The molecule has 2 amide bonds. The van der Waals surface area contributed by atoms with Crippen molar-refractivity contribution in [1.82, 2.24) is 4.57 Å². The number of benzene rings is 2. The topological polar surface area (TPSA) is 125 Å². The van der Waals surface area contributed by atoms with Gasteiger partial charge in [0, 0.05) is 17.3 Å². The Balaban J connectivity index is 0.00000306. The molecule has 1 fully saturated rings. The zero-order valence-corrected chi connectivity index (χ0v) is 18.2. The first-order valence-electron chi connectivity index (χ1n) is 9.96. The quantitative estimate of drug-likeness (QED) is 0.362. The number of hydrogen-bond acceptors (Lipinski definition) is 6. The minimum absolute atomic E-state index is 0. The third-order valence-electron chi connectivity index (χ3n) is 5.00. The van der Waals surface area contributed by atoms with Crippen molar-refractivity contribution in [2.45, 2.75) is 18.8 Å². The molecule has 1 aromatic heterocycles. The molecule has 33 heavy (non-hydrogen) atoms. The van der Waals surface area contributed by atoms with Crippen molar-refractivity contribution in [2.75, 3.05) is 24.0 Å². The highest BCUT2D eigenvalue weighted by Crippen LogP contribution is 2.40. The molecule has 0 atom stereocenters. The summed E-state index contributed by atoms with van der Waals surface area (Å²) in [7, 11) is 0. The van der Waals surface area contributed by atoms with Gasteiger partial charge < -0.3 is 25.8 Å². The van der Waals surface area contributed by atoms with Crippen molar-refractivity contribution < 1.29 is 28.2 Å². The number of rotatable bonds is 6. The number of ether oxygens (including phenoxy) is 2. The second-order valence-corrected chi connectivity index (χ2v) is 7.30. The number of carbonyl (C=O) groups is 3. The highest BCUT2D eigenvalue weighted by atomic mass is 35.5. The molecule has 0 spiro atoms. The van der Waals surface area contributed by atoms with Crippen LogP contribution < -0.4 is 16.4 Å². The van der Waals surface area contributed by atoms with Crippen LogP contribution in [0.25, 0.3) is 10.9 Å². The number of nitrogens with one attached hydrogen (secondary N) is 2. The number of carbonyl (C=O) groups excluding carboxylic acids is 3. The minimum Gasteiger partial charge on any atom is -0.427 e. The lowest BCUT2D eigenvalue weighted by molar-refractivity contribution is -0.149. The lowest BCUT2D eigenvalue weighted by Gasteiger charge is -2.08. The largest absolute Gasteiger partial charge is 0.427 e. The maximum atomic E-state index is 13.8. The van der Waals surface area contributed by atoms with E-state index >= 15 is 0 Å². The maximum absolute atomic E-state index is 13.8. The van der Waals surface area contributed by atoms with Crippen LogP contribution in [0.3, 0.4) is 0 Å². The van der Waals surface area contributed by atoms with Gasteiger partial charge in [0.25, 0.3) is 0 Å². The van der Waals surface area contributed by atoms with E-state index < -0.39 is 30.7 Å². The molecule has 9 nitrogen and oxygen atoms in total. The lowest BCUT2D eigenvalue weighted by atomic mass is 10.1. The average Bonchev–Trinajstić information content (AvgIpc) is 3.57. The number of halogens is 2. The molecule has 3 aromatic rings. The molecule has 174 valence electrons. The molecule has 4 rings (SSSR count). The lowest BCUT2D eigenvalue weighted by Crippen LogP contribution is -2.21. The number of esters is 1. The molecule has 4 N–H and O–H groups in total. The molecular weight excluding hydrogens is 455 g/mol. The third-order valence-corrected chi connectivity index (χ3v) is 5.00. The normalized spacial score (nSPS) is 12.5. The van der Waals surface area contributed by atoms with Crippen LogP contribution in [0.1, 0.15) is 24.3 Å². The van der Waals surface area contributed by atoms with Gasteiger partial charge in [0.2, 0.25) is 6.79 Å². The maximum Gasteiger partial charge on any atom is 0.421 e. The van der Waals surface area contributed by atoms with Crippen molar-refractivity contribution in [3.05, 3.63) is 60.0 Å². The molecule has 1 aliphatic rings. The number of urea groups is 1. The van der Waals surface area contributed by atoms with Gasteiger partial charge in [0.05, 0.1) is 17.7 Å². The second-order valence-electron chi connectivity index (χ2n) is 7.30. The standard InChI is InChI=1S/C22H21FN4O5.ClH/c23-15-5-8-19-17(9-15)18(11-27(19)22(30)32-12-31-20(28)10-24)26-21(29)25-16-6-3-14(4-7-16)13-1-2-13;/h3-9,11,13H,1-2,10,12,24H2,(H2,25,26,29);1H. The Bertz CT molecular complexity index is 1180. The average molecular weight is 477 g/mol. The van der Waals surface area contributed by atoms with E-state index in [0.717, 1.165) is 4.57 Å². The number of nitrogens with zero attached hydrogens (tertiary/aromatic N) is 1. The molecule has 0 aliphatic heterocycles. The molecule has 0 unspecified atom stereocenters. The number of amides is 2. The summed E-state index contributed by atoms with van der Waals surface area (Å²) in [5.74, 6) is -0.668. The fourth-order valence-corrected chi connectivity index (χ4v) is 3.27. The molecule has 0 saturated heterocycles. The summed E-state index contributed by atoms with van der Waals surface area (Å²) < 4.78 is 24.4. The zero-order chi connectivity index (χ0) is 22.7. The SMILES string of the molecule is Cl.NCC(=O)OCOC(=O)n1cc(NC(=O)Nc2ccc(C3CC3)cc2)c2cc(F)ccc21. The third kappa shape index (κ3) is 5.79. The molecule has 0 radical (unpaired) electrons. The van der Waals surface area contributed by atoms with Crippen molar-refractivity contribution >= 4 is 52.8 Å². The summed E-state index contributed by atoms with van der Waals surface area (Å²) in [6.45, 7) is -0.981. The Labute approximate surface area is 194 Å². The molecule has 1 heterocycles. The van der Waals surface area contributed by atoms with Crippen molar-refractivity contribution in [3.8, 4) is 0 Å². The summed E-state index contributed by atoms with van der Waals surface area (Å²) in [4.78, 5) is 36.0. The Morgan fingerprint density at radius 2 is 1.79 bits per heavy atom. The predicted molar refractivity (Wildman–Crippen MR) is 122 cm³/mol. The van der Waals surface area contributed by atoms with Gasteiger partial charge in [0.1, 0.15) is 5.82 Å². The summed E-state index contributed by atoms with van der Waals surface area (Å²) in [6.07, 6.45) is 2.79. The number of nitrogens with two attached hydrogens (primary N) is 1. The molecule has 1 saturated carbocycles. The van der Waals surface area contributed by atoms with Crippen LogP contribution >= 0.6 is 12.4 Å². The number of hydrogen-bond donors (Lipinski definition) is 3. The van der Waals surface area contributed by atoms with Gasteiger partial charge in [-0.2, -0.15) is 0 Å². The van der Waals surface area contributed by atoms with E-state index in [9.17, 15) is 18.8 Å². The van der Waals surface area contributed by atoms with E-state index in [2.05, 4.69) is 15.4 Å². The minimum atomic E-state index is -0.879. The van der Waals surface area contributed by atoms with E-state index in [1.807, 2.05) is 24.3 Å². The smallest absolute Gasteiger partial charge is 0.421 e. The first-order chi connectivity index (χ1) is 15.4. The highest BCUT2D eigenvalue weighted by molar-refractivity contribution is 6.07. The fourth-order valence-electron chi connectivity index (χ4n) is 3.27. The van der Waals surface area contributed by atoms with Gasteiger partial charge >= 0.3 is 18.1 Å². The number of aromatic nitrogens is 1. The molecular formula is C22H22ClFN4O5. The Hall–Kier alpha value is -3.63. The monoisotopic (exact) mass is 476 g/mol. The predicted octanol–water partition coefficient (Wildman–Crippen LogP) is 4.17. The number of anilines is 2. The summed E-state index contributed by atoms with van der Waals surface area (Å²) in [5.41, 5.74) is 7.45. The van der Waals surface area contributed by atoms with Gasteiger partial charge in [-0.25, -0.2) is 14.0 Å². The molecule has 2 aromatic carbocycles. The van der Waals surface area contributed by atoms with E-state index in [4.69, 9.17) is 10.5 Å². The Morgan fingerprint density at radius 3 is 2.45 bits per heavy atom. The number of fused-ring (bicyclic) bond motifs is 1. The van der Waals surface area contributed by atoms with Gasteiger partial charge in [-0.3, -0.25) is 9.36 Å².